The molecule has 5 heteroatoms. The van der Waals surface area contributed by atoms with Gasteiger partial charge in [0.2, 0.25) is 0 Å². The maximum Gasteiger partial charge on any atom is 0.410 e. The van der Waals surface area contributed by atoms with Gasteiger partial charge in [0.1, 0.15) is 5.60 Å². The van der Waals surface area contributed by atoms with Crippen LogP contribution in [0.25, 0.3) is 0 Å². The van der Waals surface area contributed by atoms with Gasteiger partial charge in [-0.15, -0.1) is 0 Å². The molecule has 0 radical (unpaired) electrons. The predicted molar refractivity (Wildman–Crippen MR) is 96.1 cm³/mol. The zero-order valence-corrected chi connectivity index (χ0v) is 15.0. The number of amides is 1. The van der Waals surface area contributed by atoms with Crippen LogP contribution >= 0.6 is 11.8 Å². The molecule has 0 spiro atoms. The van der Waals surface area contributed by atoms with E-state index >= 15 is 0 Å². The Balaban J connectivity index is 1.70. The molecule has 1 atom stereocenters. The standard InChI is InChI=1S/C18H26N2O2S/c1-18(2,3)22-17(21)20-9-7-15-13(11-20)5-4-6-16(15)19-14-8-10-23-12-14/h4-6,14,19H,7-12H2,1-3H3. The Labute approximate surface area is 143 Å². The third-order valence-corrected chi connectivity index (χ3v) is 5.37. The van der Waals surface area contributed by atoms with Crippen LogP contribution in [0.15, 0.2) is 18.2 Å². The lowest BCUT2D eigenvalue weighted by Crippen LogP contribution is -2.40. The van der Waals surface area contributed by atoms with E-state index < -0.39 is 5.60 Å². The lowest BCUT2D eigenvalue weighted by atomic mass is 9.97. The zero-order chi connectivity index (χ0) is 16.4. The molecule has 0 saturated carbocycles. The highest BCUT2D eigenvalue weighted by molar-refractivity contribution is 7.99. The predicted octanol–water partition coefficient (Wildman–Crippen LogP) is 3.90. The summed E-state index contributed by atoms with van der Waals surface area (Å²) < 4.78 is 5.50. The van der Waals surface area contributed by atoms with Gasteiger partial charge in [0.05, 0.1) is 0 Å². The summed E-state index contributed by atoms with van der Waals surface area (Å²) in [5.41, 5.74) is 3.40. The number of ether oxygens (including phenoxy) is 1. The number of fused-ring (bicyclic) bond motifs is 1. The summed E-state index contributed by atoms with van der Waals surface area (Å²) in [5, 5.41) is 3.70. The molecule has 2 heterocycles. The fourth-order valence-corrected chi connectivity index (χ4v) is 4.25. The van der Waals surface area contributed by atoms with Gasteiger partial charge in [0.15, 0.2) is 0 Å². The van der Waals surface area contributed by atoms with Gasteiger partial charge in [-0.05, 0) is 56.6 Å². The summed E-state index contributed by atoms with van der Waals surface area (Å²) in [6, 6.07) is 6.96. The number of hydrogen-bond donors (Lipinski definition) is 1. The first-order valence-electron chi connectivity index (χ1n) is 8.35. The zero-order valence-electron chi connectivity index (χ0n) is 14.2. The van der Waals surface area contributed by atoms with Crippen molar-refractivity contribution in [1.29, 1.82) is 0 Å². The fourth-order valence-electron chi connectivity index (χ4n) is 3.10. The van der Waals surface area contributed by atoms with Crippen molar-refractivity contribution in [3.63, 3.8) is 0 Å². The fraction of sp³-hybridized carbons (Fsp3) is 0.611. The average molecular weight is 334 g/mol. The first-order chi connectivity index (χ1) is 10.9. The molecular weight excluding hydrogens is 308 g/mol. The van der Waals surface area contributed by atoms with E-state index in [0.29, 0.717) is 12.6 Å². The SMILES string of the molecule is CC(C)(C)OC(=O)N1CCc2c(cccc2NC2CCSC2)C1. The third kappa shape index (κ3) is 4.14. The first-order valence-corrected chi connectivity index (χ1v) is 9.51. The number of rotatable bonds is 2. The average Bonchev–Trinajstić information content (AvgIpc) is 2.98. The van der Waals surface area contributed by atoms with Gasteiger partial charge < -0.3 is 15.0 Å². The molecule has 1 aromatic carbocycles. The summed E-state index contributed by atoms with van der Waals surface area (Å²) >= 11 is 2.02. The monoisotopic (exact) mass is 334 g/mol. The van der Waals surface area contributed by atoms with Crippen molar-refractivity contribution in [3.05, 3.63) is 29.3 Å². The Morgan fingerprint density at radius 1 is 1.39 bits per heavy atom. The van der Waals surface area contributed by atoms with Crippen LogP contribution in [0, 0.1) is 0 Å². The van der Waals surface area contributed by atoms with E-state index in [4.69, 9.17) is 4.74 Å². The van der Waals surface area contributed by atoms with E-state index in [9.17, 15) is 4.79 Å². The molecule has 1 unspecified atom stereocenters. The Hall–Kier alpha value is -1.36. The van der Waals surface area contributed by atoms with Crippen LogP contribution < -0.4 is 5.32 Å². The van der Waals surface area contributed by atoms with Gasteiger partial charge >= 0.3 is 6.09 Å². The molecule has 1 aromatic rings. The minimum Gasteiger partial charge on any atom is -0.444 e. The van der Waals surface area contributed by atoms with E-state index in [1.165, 1.54) is 34.7 Å². The van der Waals surface area contributed by atoms with Gasteiger partial charge in [0.25, 0.3) is 0 Å². The number of benzene rings is 1. The Morgan fingerprint density at radius 3 is 2.91 bits per heavy atom. The molecule has 1 N–H and O–H groups in total. The number of carbonyl (C=O) groups is 1. The van der Waals surface area contributed by atoms with Crippen molar-refractivity contribution < 1.29 is 9.53 Å². The molecule has 1 saturated heterocycles. The molecule has 2 aliphatic heterocycles. The van der Waals surface area contributed by atoms with E-state index in [2.05, 4.69) is 23.5 Å². The molecule has 1 fully saturated rings. The smallest absolute Gasteiger partial charge is 0.410 e. The summed E-state index contributed by atoms with van der Waals surface area (Å²) in [5.74, 6) is 2.44. The van der Waals surface area contributed by atoms with Crippen LogP contribution in [0.4, 0.5) is 10.5 Å². The van der Waals surface area contributed by atoms with E-state index in [0.717, 1.165) is 13.0 Å². The summed E-state index contributed by atoms with van der Waals surface area (Å²) in [7, 11) is 0. The third-order valence-electron chi connectivity index (χ3n) is 4.21. The molecule has 0 aliphatic carbocycles. The lowest BCUT2D eigenvalue weighted by molar-refractivity contribution is 0.0224. The van der Waals surface area contributed by atoms with Gasteiger partial charge in [-0.3, -0.25) is 0 Å². The van der Waals surface area contributed by atoms with Crippen LogP contribution in [0.2, 0.25) is 0 Å². The van der Waals surface area contributed by atoms with Crippen LogP contribution in [0.3, 0.4) is 0 Å². The highest BCUT2D eigenvalue weighted by atomic mass is 32.2. The number of thioether (sulfide) groups is 1. The highest BCUT2D eigenvalue weighted by Gasteiger charge is 2.27. The topological polar surface area (TPSA) is 41.6 Å². The van der Waals surface area contributed by atoms with Crippen molar-refractivity contribution >= 4 is 23.5 Å². The molecule has 1 amide bonds. The second kappa shape index (κ2) is 6.63. The minimum absolute atomic E-state index is 0.214. The molecule has 3 rings (SSSR count). The Kier molecular flexibility index (Phi) is 4.76. The van der Waals surface area contributed by atoms with Crippen molar-refractivity contribution in [1.82, 2.24) is 4.90 Å². The first kappa shape index (κ1) is 16.5. The highest BCUT2D eigenvalue weighted by Crippen LogP contribution is 2.29. The number of nitrogens with zero attached hydrogens (tertiary/aromatic N) is 1. The molecule has 2 aliphatic rings. The summed E-state index contributed by atoms with van der Waals surface area (Å²) in [6.45, 7) is 7.08. The Morgan fingerprint density at radius 2 is 2.22 bits per heavy atom. The molecular formula is C18H26N2O2S. The maximum atomic E-state index is 12.3. The van der Waals surface area contributed by atoms with Crippen molar-refractivity contribution in [2.24, 2.45) is 0 Å². The largest absolute Gasteiger partial charge is 0.444 e. The van der Waals surface area contributed by atoms with Crippen LogP contribution in [-0.2, 0) is 17.7 Å². The second-order valence-corrected chi connectivity index (χ2v) is 8.45. The quantitative estimate of drug-likeness (QED) is 0.891. The van der Waals surface area contributed by atoms with Crippen molar-refractivity contribution in [2.75, 3.05) is 23.4 Å². The van der Waals surface area contributed by atoms with E-state index in [-0.39, 0.29) is 6.09 Å². The van der Waals surface area contributed by atoms with Crippen LogP contribution in [-0.4, -0.2) is 40.7 Å². The van der Waals surface area contributed by atoms with Crippen molar-refractivity contribution in [2.45, 2.75) is 51.8 Å². The van der Waals surface area contributed by atoms with Gasteiger partial charge in [0, 0.05) is 30.6 Å². The summed E-state index contributed by atoms with van der Waals surface area (Å²) in [4.78, 5) is 14.1. The number of hydrogen-bond acceptors (Lipinski definition) is 4. The minimum atomic E-state index is -0.444. The maximum absolute atomic E-state index is 12.3. The summed E-state index contributed by atoms with van der Waals surface area (Å²) in [6.07, 6.45) is 1.91. The van der Waals surface area contributed by atoms with E-state index in [1.807, 2.05) is 37.4 Å². The molecule has 4 nitrogen and oxygen atoms in total. The van der Waals surface area contributed by atoms with E-state index in [1.54, 1.807) is 0 Å². The number of nitrogens with one attached hydrogen (secondary N) is 1. The molecule has 0 aromatic heterocycles. The van der Waals surface area contributed by atoms with Gasteiger partial charge in [-0.1, -0.05) is 12.1 Å². The lowest BCUT2D eigenvalue weighted by Gasteiger charge is -2.32. The van der Waals surface area contributed by atoms with Gasteiger partial charge in [-0.25, -0.2) is 4.79 Å². The van der Waals surface area contributed by atoms with Crippen LogP contribution in [0.1, 0.15) is 38.3 Å². The van der Waals surface area contributed by atoms with Gasteiger partial charge in [-0.2, -0.15) is 11.8 Å². The Bertz CT molecular complexity index is 577. The molecule has 23 heavy (non-hydrogen) atoms. The molecule has 126 valence electrons. The number of anilines is 1. The van der Waals surface area contributed by atoms with Crippen LogP contribution in [0.5, 0.6) is 0 Å². The number of carbonyl (C=O) groups excluding carboxylic acids is 1. The molecule has 0 bridgehead atoms. The second-order valence-electron chi connectivity index (χ2n) is 7.30. The normalized spacial score (nSPS) is 21.0. The van der Waals surface area contributed by atoms with Crippen molar-refractivity contribution in [3.8, 4) is 0 Å².